The summed E-state index contributed by atoms with van der Waals surface area (Å²) in [5.41, 5.74) is 18.7. The molecule has 0 unspecified atom stereocenters. The van der Waals surface area contributed by atoms with Crippen molar-refractivity contribution in [2.75, 3.05) is 13.1 Å². The van der Waals surface area contributed by atoms with Crippen molar-refractivity contribution >= 4 is 22.2 Å². The van der Waals surface area contributed by atoms with Crippen LogP contribution in [0.4, 0.5) is 0 Å². The number of hydrogen-bond acceptors (Lipinski definition) is 6. The molecule has 156 valence electrons. The topological polar surface area (TPSA) is 94.9 Å². The molecule has 4 N–H and O–H groups in total. The zero-order valence-electron chi connectivity index (χ0n) is 17.5. The normalized spacial score (nSPS) is 17.2. The lowest BCUT2D eigenvalue weighted by Crippen LogP contribution is -2.46. The second-order valence-corrected chi connectivity index (χ2v) is 8.16. The monoisotopic (exact) mass is 411 g/mol. The van der Waals surface area contributed by atoms with Gasteiger partial charge in [-0.15, -0.1) is 0 Å². The lowest BCUT2D eigenvalue weighted by molar-refractivity contribution is 0.245. The quantitative estimate of drug-likeness (QED) is 0.613. The lowest BCUT2D eigenvalue weighted by atomic mass is 9.96. The molecule has 1 fully saturated rings. The fraction of sp³-hybridized carbons (Fsp3) is 0.250. The molecular weight excluding hydrogens is 386 g/mol. The number of hydrogen-bond donors (Lipinski definition) is 3. The summed E-state index contributed by atoms with van der Waals surface area (Å²) in [6, 6.07) is 16.5. The molecule has 1 saturated heterocycles. The minimum Gasteiger partial charge on any atom is -0.357 e. The number of nitrogens with one attached hydrogen (secondary N) is 2. The minimum atomic E-state index is 0.281. The average Bonchev–Trinajstić information content (AvgIpc) is 3.18. The van der Waals surface area contributed by atoms with E-state index in [9.17, 15) is 5.26 Å². The SMILES string of the molecule is Cn1cc2cc(C3=C(c4ccc(C#N)cc4)C=C(N4CCC(N)CC4)NN3)ccc2n1. The van der Waals surface area contributed by atoms with Crippen molar-refractivity contribution in [1.29, 1.82) is 5.26 Å². The van der Waals surface area contributed by atoms with Crippen molar-refractivity contribution in [3.8, 4) is 6.07 Å². The summed E-state index contributed by atoms with van der Waals surface area (Å²) in [7, 11) is 1.93. The van der Waals surface area contributed by atoms with Crippen LogP contribution in [0.3, 0.4) is 0 Å². The van der Waals surface area contributed by atoms with Crippen molar-refractivity contribution in [3.63, 3.8) is 0 Å². The van der Waals surface area contributed by atoms with E-state index in [2.05, 4.69) is 45.1 Å². The second-order valence-electron chi connectivity index (χ2n) is 8.16. The fourth-order valence-electron chi connectivity index (χ4n) is 4.23. The van der Waals surface area contributed by atoms with Crippen LogP contribution in [0.1, 0.15) is 29.5 Å². The van der Waals surface area contributed by atoms with Crippen LogP contribution in [0.25, 0.3) is 22.2 Å². The van der Waals surface area contributed by atoms with Gasteiger partial charge in [0, 0.05) is 48.9 Å². The highest BCUT2D eigenvalue weighted by atomic mass is 15.4. The Balaban J connectivity index is 1.60. The first-order valence-corrected chi connectivity index (χ1v) is 10.5. The third-order valence-corrected chi connectivity index (χ3v) is 5.98. The number of fused-ring (bicyclic) bond motifs is 1. The number of aryl methyl sites for hydroxylation is 1. The molecule has 0 aliphatic carbocycles. The number of aromatic nitrogens is 2. The van der Waals surface area contributed by atoms with Crippen molar-refractivity contribution < 1.29 is 0 Å². The van der Waals surface area contributed by atoms with Crippen LogP contribution >= 0.6 is 0 Å². The summed E-state index contributed by atoms with van der Waals surface area (Å²) in [5.74, 6) is 1.04. The Morgan fingerprint density at radius 3 is 2.55 bits per heavy atom. The number of benzene rings is 2. The molecule has 0 bridgehead atoms. The van der Waals surface area contributed by atoms with Gasteiger partial charge < -0.3 is 10.6 Å². The molecule has 1 aromatic heterocycles. The first kappa shape index (κ1) is 19.2. The third kappa shape index (κ3) is 3.74. The number of nitrogens with zero attached hydrogens (tertiary/aromatic N) is 4. The van der Waals surface area contributed by atoms with Gasteiger partial charge in [-0.3, -0.25) is 15.5 Å². The van der Waals surface area contributed by atoms with Crippen LogP contribution in [0.5, 0.6) is 0 Å². The summed E-state index contributed by atoms with van der Waals surface area (Å²) in [6.07, 6.45) is 6.19. The molecule has 0 amide bonds. The number of piperidine rings is 1. The molecule has 2 aliphatic rings. The van der Waals surface area contributed by atoms with E-state index in [-0.39, 0.29) is 6.04 Å². The average molecular weight is 412 g/mol. The maximum atomic E-state index is 9.18. The van der Waals surface area contributed by atoms with Gasteiger partial charge in [0.2, 0.25) is 0 Å². The predicted molar refractivity (Wildman–Crippen MR) is 122 cm³/mol. The molecule has 2 aromatic carbocycles. The molecule has 0 spiro atoms. The Hall–Kier alpha value is -3.76. The van der Waals surface area contributed by atoms with Crippen LogP contribution in [-0.2, 0) is 7.05 Å². The van der Waals surface area contributed by atoms with Crippen LogP contribution in [0.2, 0.25) is 0 Å². The number of nitriles is 1. The Morgan fingerprint density at radius 1 is 1.06 bits per heavy atom. The molecule has 3 aromatic rings. The minimum absolute atomic E-state index is 0.281. The highest BCUT2D eigenvalue weighted by Gasteiger charge is 2.23. The van der Waals surface area contributed by atoms with E-state index < -0.39 is 0 Å². The van der Waals surface area contributed by atoms with Crippen LogP contribution in [0, 0.1) is 11.3 Å². The molecule has 0 radical (unpaired) electrons. The summed E-state index contributed by atoms with van der Waals surface area (Å²) in [4.78, 5) is 2.33. The fourth-order valence-corrected chi connectivity index (χ4v) is 4.23. The Bertz CT molecular complexity index is 1220. The van der Waals surface area contributed by atoms with Gasteiger partial charge in [-0.05, 0) is 48.7 Å². The zero-order chi connectivity index (χ0) is 21.4. The Kier molecular flexibility index (Phi) is 4.85. The zero-order valence-corrected chi connectivity index (χ0v) is 17.5. The standard InChI is InChI=1S/C24H25N7/c1-30-15-19-12-18(6-7-22(19)29-30)24-21(17-4-2-16(14-25)3-5-17)13-23(27-28-24)31-10-8-20(26)9-11-31/h2-7,12-13,15,20,27-28H,8-11,26H2,1H3. The van der Waals surface area contributed by atoms with Gasteiger partial charge in [-0.1, -0.05) is 18.2 Å². The molecule has 7 heteroatoms. The van der Waals surface area contributed by atoms with Gasteiger partial charge in [-0.25, -0.2) is 0 Å². The summed E-state index contributed by atoms with van der Waals surface area (Å²) < 4.78 is 1.83. The number of nitrogens with two attached hydrogens (primary N) is 1. The van der Waals surface area contributed by atoms with Gasteiger partial charge in [0.05, 0.1) is 22.8 Å². The molecular formula is C24H25N7. The third-order valence-electron chi connectivity index (χ3n) is 5.98. The highest BCUT2D eigenvalue weighted by Crippen LogP contribution is 2.31. The molecule has 31 heavy (non-hydrogen) atoms. The van der Waals surface area contributed by atoms with E-state index in [0.29, 0.717) is 5.56 Å². The van der Waals surface area contributed by atoms with E-state index in [0.717, 1.165) is 65.1 Å². The van der Waals surface area contributed by atoms with Crippen LogP contribution < -0.4 is 16.6 Å². The maximum Gasteiger partial charge on any atom is 0.121 e. The predicted octanol–water partition coefficient (Wildman–Crippen LogP) is 2.69. The number of hydrazine groups is 1. The van der Waals surface area contributed by atoms with E-state index in [1.807, 2.05) is 48.3 Å². The number of likely N-dealkylation sites (tertiary alicyclic amines) is 1. The summed E-state index contributed by atoms with van der Waals surface area (Å²) >= 11 is 0. The summed E-state index contributed by atoms with van der Waals surface area (Å²) in [5, 5.41) is 14.8. The van der Waals surface area contributed by atoms with Crippen molar-refractivity contribution in [2.45, 2.75) is 18.9 Å². The smallest absolute Gasteiger partial charge is 0.121 e. The number of allylic oxidation sites excluding steroid dienone is 2. The first-order valence-electron chi connectivity index (χ1n) is 10.5. The molecule has 7 nitrogen and oxygen atoms in total. The van der Waals surface area contributed by atoms with Gasteiger partial charge in [0.1, 0.15) is 5.82 Å². The van der Waals surface area contributed by atoms with Crippen molar-refractivity contribution in [3.05, 3.63) is 77.2 Å². The van der Waals surface area contributed by atoms with Crippen LogP contribution in [0.15, 0.2) is 60.6 Å². The number of rotatable bonds is 3. The summed E-state index contributed by atoms with van der Waals surface area (Å²) in [6.45, 7) is 1.86. The first-order chi connectivity index (χ1) is 15.1. The molecule has 2 aliphatic heterocycles. The van der Waals surface area contributed by atoms with Crippen molar-refractivity contribution in [2.24, 2.45) is 12.8 Å². The van der Waals surface area contributed by atoms with E-state index in [4.69, 9.17) is 5.73 Å². The Morgan fingerprint density at radius 2 is 1.81 bits per heavy atom. The lowest BCUT2D eigenvalue weighted by Gasteiger charge is -2.36. The Labute approximate surface area is 181 Å². The molecule has 0 saturated carbocycles. The van der Waals surface area contributed by atoms with Crippen LogP contribution in [-0.4, -0.2) is 33.8 Å². The van der Waals surface area contributed by atoms with Gasteiger partial charge >= 0.3 is 0 Å². The van der Waals surface area contributed by atoms with Gasteiger partial charge in [-0.2, -0.15) is 10.4 Å². The van der Waals surface area contributed by atoms with Gasteiger partial charge in [0.25, 0.3) is 0 Å². The highest BCUT2D eigenvalue weighted by molar-refractivity contribution is 5.97. The van der Waals surface area contributed by atoms with Gasteiger partial charge in [0.15, 0.2) is 0 Å². The van der Waals surface area contributed by atoms with E-state index >= 15 is 0 Å². The largest absolute Gasteiger partial charge is 0.357 e. The van der Waals surface area contributed by atoms with E-state index in [1.54, 1.807) is 0 Å². The molecule has 0 atom stereocenters. The van der Waals surface area contributed by atoms with E-state index in [1.165, 1.54) is 0 Å². The molecule has 3 heterocycles. The van der Waals surface area contributed by atoms with Crippen molar-refractivity contribution in [1.82, 2.24) is 25.5 Å². The second kappa shape index (κ2) is 7.82. The maximum absolute atomic E-state index is 9.18. The molecule has 5 rings (SSSR count).